The van der Waals surface area contributed by atoms with E-state index in [1.54, 1.807) is 0 Å². The summed E-state index contributed by atoms with van der Waals surface area (Å²) >= 11 is 0. The van der Waals surface area contributed by atoms with Gasteiger partial charge in [-0.15, -0.1) is 0 Å². The Morgan fingerprint density at radius 3 is 1.00 bits per heavy atom. The molecule has 1 atom stereocenters. The molecule has 0 aromatic rings. The van der Waals surface area contributed by atoms with E-state index in [9.17, 15) is 0 Å². The van der Waals surface area contributed by atoms with Gasteiger partial charge in [0, 0.05) is 5.92 Å². The minimum atomic E-state index is 0.953. The van der Waals surface area contributed by atoms with Gasteiger partial charge >= 0.3 is 0 Å². The van der Waals surface area contributed by atoms with Crippen LogP contribution in [0.15, 0.2) is 0 Å². The summed E-state index contributed by atoms with van der Waals surface area (Å²) in [6.45, 7) is 5.98. The molecule has 0 aromatic heterocycles. The van der Waals surface area contributed by atoms with Crippen molar-refractivity contribution in [3.63, 3.8) is 0 Å². The van der Waals surface area contributed by atoms with Crippen LogP contribution in [-0.2, 0) is 0 Å². The number of rotatable bonds is 22. The fraction of sp³-hybridized carbons (Fsp3) is 1.00. The minimum absolute atomic E-state index is 0.953. The molecule has 0 saturated carbocycles. The van der Waals surface area contributed by atoms with E-state index in [1.807, 2.05) is 0 Å². The Labute approximate surface area is 180 Å². The summed E-state index contributed by atoms with van der Waals surface area (Å²) in [7, 11) is 7.12. The first-order valence-corrected chi connectivity index (χ1v) is 13.3. The van der Waals surface area contributed by atoms with Crippen LogP contribution in [-0.4, -0.2) is 32.2 Å². The van der Waals surface area contributed by atoms with Crippen molar-refractivity contribution in [1.29, 1.82) is 0 Å². The van der Waals surface area contributed by atoms with E-state index in [0.29, 0.717) is 0 Å². The van der Waals surface area contributed by atoms with Crippen LogP contribution in [0.5, 0.6) is 0 Å². The molecule has 0 bridgehead atoms. The summed E-state index contributed by atoms with van der Waals surface area (Å²) in [4.78, 5) is 0. The number of hydrogen-bond acceptors (Lipinski definition) is 0. The highest BCUT2D eigenvalue weighted by Gasteiger charge is 2.17. The van der Waals surface area contributed by atoms with Crippen LogP contribution in [0.3, 0.4) is 0 Å². The first-order valence-electron chi connectivity index (χ1n) is 13.3. The molecule has 1 nitrogen and oxygen atoms in total. The van der Waals surface area contributed by atoms with Gasteiger partial charge < -0.3 is 4.48 Å². The van der Waals surface area contributed by atoms with Gasteiger partial charge in [0.05, 0.1) is 27.7 Å². The third-order valence-corrected chi connectivity index (χ3v) is 6.24. The summed E-state index contributed by atoms with van der Waals surface area (Å²) in [6, 6.07) is 0. The molecule has 0 amide bonds. The summed E-state index contributed by atoms with van der Waals surface area (Å²) in [5, 5.41) is 0. The lowest BCUT2D eigenvalue weighted by atomic mass is 9.93. The van der Waals surface area contributed by atoms with Gasteiger partial charge in [-0.05, 0) is 12.8 Å². The zero-order valence-corrected chi connectivity index (χ0v) is 20.9. The van der Waals surface area contributed by atoms with E-state index >= 15 is 0 Å². The molecule has 0 saturated heterocycles. The maximum atomic E-state index is 2.37. The second kappa shape index (κ2) is 20.2. The van der Waals surface area contributed by atoms with Gasteiger partial charge in [0.25, 0.3) is 0 Å². The van der Waals surface area contributed by atoms with E-state index in [-0.39, 0.29) is 0 Å². The van der Waals surface area contributed by atoms with E-state index in [2.05, 4.69) is 35.0 Å². The highest BCUT2D eigenvalue weighted by molar-refractivity contribution is 4.61. The largest absolute Gasteiger partial charge is 0.331 e. The molecule has 170 valence electrons. The molecule has 28 heavy (non-hydrogen) atoms. The fourth-order valence-electron chi connectivity index (χ4n) is 4.59. The summed E-state index contributed by atoms with van der Waals surface area (Å²) in [5.41, 5.74) is 0. The van der Waals surface area contributed by atoms with Crippen molar-refractivity contribution in [3.05, 3.63) is 0 Å². The average molecular weight is 397 g/mol. The molecule has 0 fully saturated rings. The zero-order chi connectivity index (χ0) is 20.9. The monoisotopic (exact) mass is 396 g/mol. The summed E-state index contributed by atoms with van der Waals surface area (Å²) in [5.74, 6) is 0.953. The van der Waals surface area contributed by atoms with Crippen LogP contribution in [0, 0.1) is 5.92 Å². The second-order valence-electron chi connectivity index (χ2n) is 10.6. The molecular weight excluding hydrogens is 338 g/mol. The molecule has 0 aromatic carbocycles. The number of nitrogens with zero attached hydrogens (tertiary/aromatic N) is 1. The van der Waals surface area contributed by atoms with Crippen LogP contribution in [0.4, 0.5) is 0 Å². The minimum Gasteiger partial charge on any atom is -0.331 e. The summed E-state index contributed by atoms with van der Waals surface area (Å²) in [6.07, 6.45) is 29.1. The van der Waals surface area contributed by atoms with Gasteiger partial charge in [-0.1, -0.05) is 129 Å². The molecule has 1 unspecified atom stereocenters. The molecule has 0 aliphatic rings. The quantitative estimate of drug-likeness (QED) is 0.126. The van der Waals surface area contributed by atoms with Gasteiger partial charge in [-0.25, -0.2) is 0 Å². The molecule has 1 heteroatoms. The topological polar surface area (TPSA) is 0 Å². The van der Waals surface area contributed by atoms with Crippen LogP contribution >= 0.6 is 0 Å². The molecule has 0 N–H and O–H groups in total. The Hall–Kier alpha value is -0.0400. The third kappa shape index (κ3) is 22.3. The van der Waals surface area contributed by atoms with Crippen LogP contribution in [0.25, 0.3) is 0 Å². The highest BCUT2D eigenvalue weighted by Crippen LogP contribution is 2.21. The third-order valence-electron chi connectivity index (χ3n) is 6.24. The lowest BCUT2D eigenvalue weighted by Crippen LogP contribution is -2.39. The maximum Gasteiger partial charge on any atom is 0.0809 e. The van der Waals surface area contributed by atoms with Gasteiger partial charge in [0.15, 0.2) is 0 Å². The SMILES string of the molecule is CCCCCCCCCCCCC(CCCCCCCCCC)C[N+](C)(C)C. The Kier molecular flexibility index (Phi) is 20.2. The van der Waals surface area contributed by atoms with E-state index in [0.717, 1.165) is 10.4 Å². The zero-order valence-electron chi connectivity index (χ0n) is 20.9. The molecule has 0 aliphatic carbocycles. The predicted molar refractivity (Wildman–Crippen MR) is 130 cm³/mol. The van der Waals surface area contributed by atoms with Crippen molar-refractivity contribution in [2.75, 3.05) is 27.7 Å². The van der Waals surface area contributed by atoms with Gasteiger partial charge in [-0.3, -0.25) is 0 Å². The van der Waals surface area contributed by atoms with Crippen molar-refractivity contribution in [1.82, 2.24) is 0 Å². The Morgan fingerprint density at radius 1 is 0.429 bits per heavy atom. The molecule has 0 spiro atoms. The molecular formula is C27H58N+. The number of hydrogen-bond donors (Lipinski definition) is 0. The van der Waals surface area contributed by atoms with E-state index in [4.69, 9.17) is 0 Å². The van der Waals surface area contributed by atoms with E-state index < -0.39 is 0 Å². The molecule has 0 rings (SSSR count). The lowest BCUT2D eigenvalue weighted by molar-refractivity contribution is -0.874. The van der Waals surface area contributed by atoms with Crippen molar-refractivity contribution < 1.29 is 4.48 Å². The Bertz CT molecular complexity index is 291. The van der Waals surface area contributed by atoms with Crippen LogP contribution in [0.1, 0.15) is 142 Å². The molecule has 0 aliphatic heterocycles. The summed E-state index contributed by atoms with van der Waals surface area (Å²) < 4.78 is 1.14. The Morgan fingerprint density at radius 2 is 0.714 bits per heavy atom. The standard InChI is InChI=1S/C27H58N/c1-6-8-10-12-14-16-17-19-21-23-25-27(26-28(3,4)5)24-22-20-18-15-13-11-9-7-2/h27H,6-26H2,1-5H3/q+1. The molecule has 0 heterocycles. The Balaban J connectivity index is 3.71. The van der Waals surface area contributed by atoms with Gasteiger partial charge in [0.2, 0.25) is 0 Å². The number of quaternary nitrogens is 1. The van der Waals surface area contributed by atoms with Crippen molar-refractivity contribution >= 4 is 0 Å². The average Bonchev–Trinajstić information content (AvgIpc) is 2.64. The normalized spacial score (nSPS) is 13.2. The molecule has 0 radical (unpaired) electrons. The van der Waals surface area contributed by atoms with Crippen molar-refractivity contribution in [2.24, 2.45) is 5.92 Å². The van der Waals surface area contributed by atoms with Gasteiger partial charge in [-0.2, -0.15) is 0 Å². The first-order chi connectivity index (χ1) is 13.5. The van der Waals surface area contributed by atoms with Crippen LogP contribution < -0.4 is 0 Å². The van der Waals surface area contributed by atoms with Crippen molar-refractivity contribution in [2.45, 2.75) is 142 Å². The smallest absolute Gasteiger partial charge is 0.0809 e. The number of unbranched alkanes of at least 4 members (excludes halogenated alkanes) is 16. The van der Waals surface area contributed by atoms with E-state index in [1.165, 1.54) is 135 Å². The van der Waals surface area contributed by atoms with Crippen LogP contribution in [0.2, 0.25) is 0 Å². The highest BCUT2D eigenvalue weighted by atomic mass is 15.3. The van der Waals surface area contributed by atoms with Gasteiger partial charge in [0.1, 0.15) is 0 Å². The predicted octanol–water partition coefficient (Wildman–Crippen LogP) is 9.15. The first kappa shape index (κ1) is 28.0. The second-order valence-corrected chi connectivity index (χ2v) is 10.6. The fourth-order valence-corrected chi connectivity index (χ4v) is 4.59. The lowest BCUT2D eigenvalue weighted by Gasteiger charge is -2.29. The van der Waals surface area contributed by atoms with Crippen molar-refractivity contribution in [3.8, 4) is 0 Å². The maximum absolute atomic E-state index is 2.37.